The largest absolute Gasteiger partial charge is 0.389 e. The predicted molar refractivity (Wildman–Crippen MR) is 73.4 cm³/mol. The number of hydrogen-bond donors (Lipinski definition) is 1. The Morgan fingerprint density at radius 3 is 2.39 bits per heavy atom. The number of aliphatic hydroxyl groups excluding tert-OH is 1. The van der Waals surface area contributed by atoms with Crippen molar-refractivity contribution in [3.05, 3.63) is 45.7 Å². The van der Waals surface area contributed by atoms with Gasteiger partial charge in [0.05, 0.1) is 22.5 Å². The molecule has 0 aliphatic rings. The fourth-order valence-corrected chi connectivity index (χ4v) is 2.18. The van der Waals surface area contributed by atoms with E-state index in [0.717, 1.165) is 22.6 Å². The molecule has 1 aromatic heterocycles. The molecule has 2 aromatic rings. The number of halogens is 1. The van der Waals surface area contributed by atoms with Crippen LogP contribution in [0.15, 0.2) is 18.2 Å². The molecular weight excluding hydrogens is 248 g/mol. The quantitative estimate of drug-likeness (QED) is 0.901. The fourth-order valence-electron chi connectivity index (χ4n) is 1.91. The Kier molecular flexibility index (Phi) is 3.46. The summed E-state index contributed by atoms with van der Waals surface area (Å²) >= 11 is 6.27. The summed E-state index contributed by atoms with van der Waals surface area (Å²) in [5, 5.41) is 14.6. The van der Waals surface area contributed by atoms with E-state index in [0.29, 0.717) is 5.02 Å². The number of benzene rings is 1. The summed E-state index contributed by atoms with van der Waals surface area (Å²) in [6.07, 6.45) is -0.515. The van der Waals surface area contributed by atoms with E-state index in [1.54, 1.807) is 13.0 Å². The van der Waals surface area contributed by atoms with Gasteiger partial charge in [-0.15, -0.1) is 0 Å². The van der Waals surface area contributed by atoms with E-state index in [2.05, 4.69) is 5.10 Å². The second-order valence-corrected chi connectivity index (χ2v) is 5.00. The molecule has 0 spiro atoms. The monoisotopic (exact) mass is 264 g/mol. The van der Waals surface area contributed by atoms with Crippen LogP contribution in [0.25, 0.3) is 5.69 Å². The summed E-state index contributed by atoms with van der Waals surface area (Å²) in [7, 11) is 0. The van der Waals surface area contributed by atoms with Crippen molar-refractivity contribution in [2.24, 2.45) is 0 Å². The van der Waals surface area contributed by atoms with E-state index >= 15 is 0 Å². The smallest absolute Gasteiger partial charge is 0.0835 e. The summed E-state index contributed by atoms with van der Waals surface area (Å²) in [5.74, 6) is 0. The number of hydrogen-bond acceptors (Lipinski definition) is 2. The van der Waals surface area contributed by atoms with Gasteiger partial charge in [0, 0.05) is 5.69 Å². The van der Waals surface area contributed by atoms with Crippen molar-refractivity contribution in [1.29, 1.82) is 0 Å². The molecule has 0 aliphatic carbocycles. The number of rotatable bonds is 2. The van der Waals surface area contributed by atoms with E-state index in [-0.39, 0.29) is 0 Å². The molecular formula is C14H17ClN2O. The maximum Gasteiger partial charge on any atom is 0.0835 e. The summed E-state index contributed by atoms with van der Waals surface area (Å²) in [6.45, 7) is 7.77. The molecule has 96 valence electrons. The van der Waals surface area contributed by atoms with Crippen LogP contribution in [0.1, 0.15) is 35.5 Å². The molecule has 18 heavy (non-hydrogen) atoms. The average molecular weight is 265 g/mol. The molecule has 1 atom stereocenters. The first-order chi connectivity index (χ1) is 8.41. The number of aryl methyl sites for hydroxylation is 1. The van der Waals surface area contributed by atoms with Crippen LogP contribution in [-0.2, 0) is 0 Å². The average Bonchev–Trinajstić information content (AvgIpc) is 2.57. The van der Waals surface area contributed by atoms with E-state index in [1.165, 1.54) is 5.56 Å². The molecule has 2 rings (SSSR count). The van der Waals surface area contributed by atoms with Crippen LogP contribution in [0, 0.1) is 20.8 Å². The Bertz CT molecular complexity index is 588. The standard InChI is InChI=1S/C14H17ClN2O/c1-8-9(2)16-17(10(8)3)14-6-5-12(11(4)18)7-13(14)15/h5-7,11,18H,1-4H3/t11-/m0/s1. The van der Waals surface area contributed by atoms with E-state index in [4.69, 9.17) is 11.6 Å². The fraction of sp³-hybridized carbons (Fsp3) is 0.357. The van der Waals surface area contributed by atoms with Crippen molar-refractivity contribution in [2.45, 2.75) is 33.8 Å². The number of nitrogens with zero attached hydrogens (tertiary/aromatic N) is 2. The third-order valence-electron chi connectivity index (χ3n) is 3.34. The lowest BCUT2D eigenvalue weighted by Gasteiger charge is -2.10. The zero-order valence-electron chi connectivity index (χ0n) is 11.0. The van der Waals surface area contributed by atoms with E-state index < -0.39 is 6.10 Å². The van der Waals surface area contributed by atoms with Gasteiger partial charge in [0.25, 0.3) is 0 Å². The van der Waals surface area contributed by atoms with Crippen LogP contribution in [0.4, 0.5) is 0 Å². The molecule has 0 fully saturated rings. The molecule has 0 radical (unpaired) electrons. The van der Waals surface area contributed by atoms with Crippen molar-refractivity contribution in [3.63, 3.8) is 0 Å². The molecule has 0 saturated carbocycles. The van der Waals surface area contributed by atoms with Gasteiger partial charge >= 0.3 is 0 Å². The normalized spacial score (nSPS) is 12.8. The highest BCUT2D eigenvalue weighted by Gasteiger charge is 2.12. The van der Waals surface area contributed by atoms with Gasteiger partial charge in [0.2, 0.25) is 0 Å². The molecule has 0 saturated heterocycles. The Morgan fingerprint density at radius 2 is 1.94 bits per heavy atom. The minimum absolute atomic E-state index is 0.515. The molecule has 0 amide bonds. The van der Waals surface area contributed by atoms with Crippen molar-refractivity contribution in [1.82, 2.24) is 9.78 Å². The van der Waals surface area contributed by atoms with Crippen LogP contribution in [0.2, 0.25) is 5.02 Å². The molecule has 4 heteroatoms. The van der Waals surface area contributed by atoms with E-state index in [1.807, 2.05) is 37.6 Å². The lowest BCUT2D eigenvalue weighted by molar-refractivity contribution is 0.199. The lowest BCUT2D eigenvalue weighted by Crippen LogP contribution is -2.01. The Morgan fingerprint density at radius 1 is 1.28 bits per heavy atom. The van der Waals surface area contributed by atoms with Gasteiger partial charge in [-0.2, -0.15) is 5.10 Å². The van der Waals surface area contributed by atoms with Crippen LogP contribution >= 0.6 is 11.6 Å². The molecule has 1 N–H and O–H groups in total. The summed E-state index contributed by atoms with van der Waals surface area (Å²) in [5.41, 5.74) is 4.91. The maximum absolute atomic E-state index is 9.53. The topological polar surface area (TPSA) is 38.0 Å². The highest BCUT2D eigenvalue weighted by Crippen LogP contribution is 2.26. The van der Waals surface area contributed by atoms with Crippen LogP contribution < -0.4 is 0 Å². The first kappa shape index (κ1) is 13.1. The second kappa shape index (κ2) is 4.75. The third-order valence-corrected chi connectivity index (χ3v) is 3.64. The van der Waals surface area contributed by atoms with Gasteiger partial charge in [0.15, 0.2) is 0 Å². The molecule has 0 unspecified atom stereocenters. The lowest BCUT2D eigenvalue weighted by atomic mass is 10.1. The van der Waals surface area contributed by atoms with Gasteiger partial charge < -0.3 is 5.11 Å². The van der Waals surface area contributed by atoms with Gasteiger partial charge in [-0.3, -0.25) is 0 Å². The molecule has 0 aliphatic heterocycles. The Labute approximate surface area is 112 Å². The molecule has 0 bridgehead atoms. The Hall–Kier alpha value is -1.32. The van der Waals surface area contributed by atoms with Gasteiger partial charge in [0.1, 0.15) is 0 Å². The second-order valence-electron chi connectivity index (χ2n) is 4.59. The highest BCUT2D eigenvalue weighted by atomic mass is 35.5. The first-order valence-electron chi connectivity index (χ1n) is 5.92. The minimum Gasteiger partial charge on any atom is -0.389 e. The highest BCUT2D eigenvalue weighted by molar-refractivity contribution is 6.32. The molecule has 1 heterocycles. The zero-order valence-corrected chi connectivity index (χ0v) is 11.8. The predicted octanol–water partition coefficient (Wildman–Crippen LogP) is 3.50. The summed E-state index contributed by atoms with van der Waals surface area (Å²) < 4.78 is 1.85. The van der Waals surface area contributed by atoms with Gasteiger partial charge in [-0.25, -0.2) is 4.68 Å². The van der Waals surface area contributed by atoms with Crippen LogP contribution in [-0.4, -0.2) is 14.9 Å². The Balaban J connectivity index is 2.54. The SMILES string of the molecule is Cc1nn(-c2ccc([C@H](C)O)cc2Cl)c(C)c1C. The number of aliphatic hydroxyl groups is 1. The third kappa shape index (κ3) is 2.16. The first-order valence-corrected chi connectivity index (χ1v) is 6.30. The van der Waals surface area contributed by atoms with E-state index in [9.17, 15) is 5.11 Å². The zero-order chi connectivity index (χ0) is 13.4. The van der Waals surface area contributed by atoms with Gasteiger partial charge in [-0.1, -0.05) is 17.7 Å². The van der Waals surface area contributed by atoms with Crippen LogP contribution in [0.5, 0.6) is 0 Å². The maximum atomic E-state index is 9.53. The van der Waals surface area contributed by atoms with Gasteiger partial charge in [-0.05, 0) is 51.0 Å². The van der Waals surface area contributed by atoms with Crippen molar-refractivity contribution < 1.29 is 5.11 Å². The van der Waals surface area contributed by atoms with Crippen LogP contribution in [0.3, 0.4) is 0 Å². The van der Waals surface area contributed by atoms with Crippen molar-refractivity contribution in [3.8, 4) is 5.69 Å². The summed E-state index contributed by atoms with van der Waals surface area (Å²) in [6, 6.07) is 5.55. The molecule has 3 nitrogen and oxygen atoms in total. The minimum atomic E-state index is -0.515. The molecule has 1 aromatic carbocycles. The number of aromatic nitrogens is 2. The van der Waals surface area contributed by atoms with Crippen molar-refractivity contribution >= 4 is 11.6 Å². The van der Waals surface area contributed by atoms with Crippen molar-refractivity contribution in [2.75, 3.05) is 0 Å². The summed E-state index contributed by atoms with van der Waals surface area (Å²) in [4.78, 5) is 0.